The molecule has 0 radical (unpaired) electrons. The fraction of sp³-hybridized carbons (Fsp3) is 0.158. The average molecular weight is 341 g/mol. The van der Waals surface area contributed by atoms with Crippen LogP contribution in [0.1, 0.15) is 17.3 Å². The van der Waals surface area contributed by atoms with Crippen molar-refractivity contribution in [1.29, 1.82) is 0 Å². The van der Waals surface area contributed by atoms with E-state index in [0.29, 0.717) is 17.1 Å². The van der Waals surface area contributed by atoms with Gasteiger partial charge >= 0.3 is 5.97 Å². The van der Waals surface area contributed by atoms with Crippen LogP contribution in [0.2, 0.25) is 0 Å². The third kappa shape index (κ3) is 4.44. The molecule has 1 heterocycles. The zero-order valence-electron chi connectivity index (χ0n) is 13.5. The van der Waals surface area contributed by atoms with Gasteiger partial charge < -0.3 is 13.9 Å². The van der Waals surface area contributed by atoms with E-state index >= 15 is 0 Å². The molecule has 0 aliphatic heterocycles. The van der Waals surface area contributed by atoms with Crippen LogP contribution in [-0.4, -0.2) is 23.7 Å². The van der Waals surface area contributed by atoms with Crippen molar-refractivity contribution in [2.75, 3.05) is 6.61 Å². The molecule has 0 fully saturated rings. The second-order valence-electron chi connectivity index (χ2n) is 5.43. The third-order valence-corrected chi connectivity index (χ3v) is 3.43. The Morgan fingerprint density at radius 2 is 2.04 bits per heavy atom. The first-order valence-corrected chi connectivity index (χ1v) is 7.70. The molecule has 0 amide bonds. The number of nitrogens with zero attached hydrogens (tertiary/aromatic N) is 1. The lowest BCUT2D eigenvalue weighted by atomic mass is 10.1. The summed E-state index contributed by atoms with van der Waals surface area (Å²) in [6.07, 6.45) is 2.46. The zero-order valence-corrected chi connectivity index (χ0v) is 13.5. The van der Waals surface area contributed by atoms with E-state index in [9.17, 15) is 9.18 Å². The molecule has 3 aromatic rings. The fourth-order valence-electron chi connectivity index (χ4n) is 2.18. The lowest BCUT2D eigenvalue weighted by Gasteiger charge is -2.14. The molecule has 5 nitrogen and oxygen atoms in total. The van der Waals surface area contributed by atoms with E-state index in [0.717, 1.165) is 5.56 Å². The minimum Gasteiger partial charge on any atom is -0.490 e. The Labute approximate surface area is 144 Å². The summed E-state index contributed by atoms with van der Waals surface area (Å²) < 4.78 is 29.0. The number of hydrogen-bond acceptors (Lipinski definition) is 5. The predicted molar refractivity (Wildman–Crippen MR) is 88.7 cm³/mol. The molecule has 2 aromatic carbocycles. The van der Waals surface area contributed by atoms with Crippen molar-refractivity contribution >= 4 is 5.97 Å². The Morgan fingerprint density at radius 3 is 2.72 bits per heavy atom. The van der Waals surface area contributed by atoms with Gasteiger partial charge in [-0.1, -0.05) is 18.2 Å². The topological polar surface area (TPSA) is 61.6 Å². The van der Waals surface area contributed by atoms with E-state index in [-0.39, 0.29) is 12.4 Å². The average Bonchev–Trinajstić information content (AvgIpc) is 3.15. The second kappa shape index (κ2) is 7.61. The van der Waals surface area contributed by atoms with Gasteiger partial charge in [-0.2, -0.15) is 0 Å². The maximum atomic E-state index is 13.1. The Morgan fingerprint density at radius 1 is 1.24 bits per heavy atom. The van der Waals surface area contributed by atoms with Gasteiger partial charge in [0.2, 0.25) is 0 Å². The molecule has 128 valence electrons. The number of oxazole rings is 1. The lowest BCUT2D eigenvalue weighted by Crippen LogP contribution is -2.22. The van der Waals surface area contributed by atoms with E-state index in [1.165, 1.54) is 18.5 Å². The van der Waals surface area contributed by atoms with Crippen LogP contribution in [0.3, 0.4) is 0 Å². The molecule has 0 bridgehead atoms. The molecule has 3 rings (SSSR count). The summed E-state index contributed by atoms with van der Waals surface area (Å²) in [7, 11) is 0. The number of carbonyl (C=O) groups is 1. The van der Waals surface area contributed by atoms with Crippen LogP contribution in [0.25, 0.3) is 11.3 Å². The van der Waals surface area contributed by atoms with Crippen molar-refractivity contribution < 1.29 is 23.1 Å². The normalized spacial score (nSPS) is 11.8. The molecule has 0 N–H and O–H groups in total. The Hall–Kier alpha value is -3.15. The minimum atomic E-state index is -0.482. The highest BCUT2D eigenvalue weighted by Gasteiger charge is 2.13. The van der Waals surface area contributed by atoms with Crippen LogP contribution in [0.15, 0.2) is 65.5 Å². The van der Waals surface area contributed by atoms with Crippen molar-refractivity contribution in [2.45, 2.75) is 13.0 Å². The third-order valence-electron chi connectivity index (χ3n) is 3.43. The number of benzene rings is 2. The molecule has 1 unspecified atom stereocenters. The van der Waals surface area contributed by atoms with Gasteiger partial charge in [-0.05, 0) is 31.2 Å². The molecular weight excluding hydrogens is 325 g/mol. The van der Waals surface area contributed by atoms with E-state index < -0.39 is 12.1 Å². The summed E-state index contributed by atoms with van der Waals surface area (Å²) >= 11 is 0. The van der Waals surface area contributed by atoms with Crippen LogP contribution < -0.4 is 4.74 Å². The molecule has 0 saturated heterocycles. The van der Waals surface area contributed by atoms with Gasteiger partial charge in [-0.25, -0.2) is 14.2 Å². The highest BCUT2D eigenvalue weighted by molar-refractivity contribution is 5.90. The first-order chi connectivity index (χ1) is 12.1. The van der Waals surface area contributed by atoms with E-state index in [4.69, 9.17) is 13.9 Å². The number of rotatable bonds is 6. The SMILES string of the molecule is CC(COc1cccc(F)c1)OC(=O)c1ccc(-c2cnco2)cc1. The monoisotopic (exact) mass is 341 g/mol. The highest BCUT2D eigenvalue weighted by atomic mass is 19.1. The number of carbonyl (C=O) groups excluding carboxylic acids is 1. The van der Waals surface area contributed by atoms with Crippen molar-refractivity contribution in [3.8, 4) is 17.1 Å². The maximum absolute atomic E-state index is 13.1. The molecule has 1 aromatic heterocycles. The molecule has 1 atom stereocenters. The fourth-order valence-corrected chi connectivity index (χ4v) is 2.18. The van der Waals surface area contributed by atoms with Gasteiger partial charge in [0, 0.05) is 11.6 Å². The smallest absolute Gasteiger partial charge is 0.338 e. The van der Waals surface area contributed by atoms with Crippen LogP contribution in [0.4, 0.5) is 4.39 Å². The number of ether oxygens (including phenoxy) is 2. The summed E-state index contributed by atoms with van der Waals surface area (Å²) in [5.74, 6) is 0.171. The molecule has 0 aliphatic rings. The van der Waals surface area contributed by atoms with Gasteiger partial charge in [0.1, 0.15) is 24.3 Å². The van der Waals surface area contributed by atoms with Gasteiger partial charge in [0.25, 0.3) is 0 Å². The second-order valence-corrected chi connectivity index (χ2v) is 5.43. The van der Waals surface area contributed by atoms with Crippen molar-refractivity contribution in [3.05, 3.63) is 72.5 Å². The summed E-state index contributed by atoms with van der Waals surface area (Å²) in [5, 5.41) is 0. The number of esters is 1. The maximum Gasteiger partial charge on any atom is 0.338 e. The first-order valence-electron chi connectivity index (χ1n) is 7.70. The Kier molecular flexibility index (Phi) is 5.09. The zero-order chi connectivity index (χ0) is 17.6. The summed E-state index contributed by atoms with van der Waals surface area (Å²) in [5.41, 5.74) is 1.23. The van der Waals surface area contributed by atoms with Crippen LogP contribution >= 0.6 is 0 Å². The van der Waals surface area contributed by atoms with Gasteiger partial charge in [-0.3, -0.25) is 0 Å². The van der Waals surface area contributed by atoms with Crippen LogP contribution in [0.5, 0.6) is 5.75 Å². The predicted octanol–water partition coefficient (Wildman–Crippen LogP) is 4.11. The number of hydrogen-bond donors (Lipinski definition) is 0. The van der Waals surface area contributed by atoms with Crippen molar-refractivity contribution in [2.24, 2.45) is 0 Å². The highest BCUT2D eigenvalue weighted by Crippen LogP contribution is 2.19. The molecule has 6 heteroatoms. The standard InChI is InChI=1S/C19H16FNO4/c1-13(11-23-17-4-2-3-16(20)9-17)25-19(22)15-7-5-14(6-8-15)18-10-21-12-24-18/h2-10,12-13H,11H2,1H3. The quantitative estimate of drug-likeness (QED) is 0.632. The van der Waals surface area contributed by atoms with E-state index in [1.54, 1.807) is 49.5 Å². The van der Waals surface area contributed by atoms with Crippen LogP contribution in [-0.2, 0) is 4.74 Å². The van der Waals surface area contributed by atoms with E-state index in [2.05, 4.69) is 4.98 Å². The van der Waals surface area contributed by atoms with Gasteiger partial charge in [0.15, 0.2) is 12.2 Å². The number of halogens is 1. The van der Waals surface area contributed by atoms with Gasteiger partial charge in [0.05, 0.1) is 11.8 Å². The molecular formula is C19H16FNO4. The summed E-state index contributed by atoms with van der Waals surface area (Å²) in [6, 6.07) is 12.6. The van der Waals surface area contributed by atoms with Gasteiger partial charge in [-0.15, -0.1) is 0 Å². The minimum absolute atomic E-state index is 0.130. The molecule has 0 spiro atoms. The first kappa shape index (κ1) is 16.7. The van der Waals surface area contributed by atoms with E-state index in [1.807, 2.05) is 0 Å². The van der Waals surface area contributed by atoms with Crippen LogP contribution in [0, 0.1) is 5.82 Å². The summed E-state index contributed by atoms with van der Waals surface area (Å²) in [6.45, 7) is 1.84. The molecule has 0 saturated carbocycles. The Bertz CT molecular complexity index is 831. The van der Waals surface area contributed by atoms with Crippen molar-refractivity contribution in [3.63, 3.8) is 0 Å². The van der Waals surface area contributed by atoms with Crippen molar-refractivity contribution in [1.82, 2.24) is 4.98 Å². The lowest BCUT2D eigenvalue weighted by molar-refractivity contribution is 0.0228. The Balaban J connectivity index is 1.54. The molecule has 0 aliphatic carbocycles. The largest absolute Gasteiger partial charge is 0.490 e. The summed E-state index contributed by atoms with van der Waals surface area (Å²) in [4.78, 5) is 16.0. The number of aromatic nitrogens is 1. The molecule has 25 heavy (non-hydrogen) atoms.